The van der Waals surface area contributed by atoms with Crippen LogP contribution in [0.2, 0.25) is 0 Å². The maximum Gasteiger partial charge on any atom is 0.337 e. The van der Waals surface area contributed by atoms with Gasteiger partial charge in [-0.3, -0.25) is 4.90 Å². The number of pyridine rings is 1. The standard InChI is InChI=1S/C38H49FN6O4S/c1-22-25-10-8-7-9-11-26(25)29(39)20-27(22)32-28-21-30(43(6)34(28)40-23(2)31(32)33(36(46)47)49-38(3,4)5)35-41-37(42-50-35)45-16-14-44(15-17-45)24-12-18-48-19-13-24/h20-21,24,33H,7-19H2,1-6H3,(H,46,47)/t33-/m0/s1. The van der Waals surface area contributed by atoms with Gasteiger partial charge in [0.25, 0.3) is 0 Å². The highest BCUT2D eigenvalue weighted by molar-refractivity contribution is 7.09. The van der Waals surface area contributed by atoms with Crippen molar-refractivity contribution >= 4 is 34.5 Å². The zero-order valence-corrected chi connectivity index (χ0v) is 31.0. The number of halogens is 1. The van der Waals surface area contributed by atoms with Crippen molar-refractivity contribution < 1.29 is 23.8 Å². The summed E-state index contributed by atoms with van der Waals surface area (Å²) < 4.78 is 34.7. The molecule has 1 atom stereocenters. The number of hydrogen-bond donors (Lipinski definition) is 1. The molecule has 3 aromatic heterocycles. The molecular formula is C38H49FN6O4S. The fourth-order valence-electron chi connectivity index (χ4n) is 8.15. The molecule has 3 aliphatic rings. The van der Waals surface area contributed by atoms with E-state index in [9.17, 15) is 9.90 Å². The molecule has 1 N–H and O–H groups in total. The van der Waals surface area contributed by atoms with E-state index in [1.807, 2.05) is 52.3 Å². The summed E-state index contributed by atoms with van der Waals surface area (Å²) in [6.07, 6.45) is 5.40. The Balaban J connectivity index is 1.33. The number of hydrogen-bond acceptors (Lipinski definition) is 9. The number of ether oxygens (including phenoxy) is 2. The van der Waals surface area contributed by atoms with Gasteiger partial charge < -0.3 is 24.0 Å². The Labute approximate surface area is 297 Å². The zero-order chi connectivity index (χ0) is 35.3. The first-order valence-corrected chi connectivity index (χ1v) is 18.8. The third-order valence-corrected chi connectivity index (χ3v) is 11.4. The maximum atomic E-state index is 16.1. The molecule has 1 aromatic carbocycles. The van der Waals surface area contributed by atoms with Crippen LogP contribution in [0.25, 0.3) is 32.9 Å². The SMILES string of the molecule is Cc1nc2c(cc(-c3nc(N4CCN(C5CCOCC5)CC4)ns3)n2C)c(-c2cc(F)c3c(c2C)CCCCC3)c1[C@H](OC(C)(C)C)C(=O)O. The van der Waals surface area contributed by atoms with E-state index < -0.39 is 17.7 Å². The number of nitrogens with zero attached hydrogens (tertiary/aromatic N) is 6. The van der Waals surface area contributed by atoms with Gasteiger partial charge in [0, 0.05) is 74.7 Å². The Bertz CT molecular complexity index is 1900. The fourth-order valence-corrected chi connectivity index (χ4v) is 8.89. The molecule has 0 amide bonds. The molecule has 10 nitrogen and oxygen atoms in total. The average molecular weight is 705 g/mol. The van der Waals surface area contributed by atoms with Crippen LogP contribution in [0.4, 0.5) is 10.3 Å². The summed E-state index contributed by atoms with van der Waals surface area (Å²) in [5.74, 6) is -0.623. The van der Waals surface area contributed by atoms with Crippen LogP contribution in [0.3, 0.4) is 0 Å². The van der Waals surface area contributed by atoms with Crippen LogP contribution >= 0.6 is 11.5 Å². The number of aliphatic carboxylic acids is 1. The van der Waals surface area contributed by atoms with E-state index in [-0.39, 0.29) is 5.82 Å². The van der Waals surface area contributed by atoms with Crippen molar-refractivity contribution in [1.29, 1.82) is 0 Å². The van der Waals surface area contributed by atoms with Gasteiger partial charge in [-0.15, -0.1) is 0 Å². The largest absolute Gasteiger partial charge is 0.479 e. The first-order valence-electron chi connectivity index (χ1n) is 18.0. The summed E-state index contributed by atoms with van der Waals surface area (Å²) in [5.41, 5.74) is 5.89. The van der Waals surface area contributed by atoms with E-state index in [2.05, 4.69) is 9.80 Å². The summed E-state index contributed by atoms with van der Waals surface area (Å²) in [6, 6.07) is 4.22. The molecule has 4 aromatic rings. The predicted octanol–water partition coefficient (Wildman–Crippen LogP) is 7.03. The molecule has 0 saturated carbocycles. The maximum absolute atomic E-state index is 16.1. The molecule has 50 heavy (non-hydrogen) atoms. The number of aryl methyl sites for hydroxylation is 2. The number of carboxylic acid groups (broad SMARTS) is 1. The number of carbonyl (C=O) groups is 1. The van der Waals surface area contributed by atoms with Gasteiger partial charge in [0.15, 0.2) is 11.1 Å². The van der Waals surface area contributed by atoms with E-state index >= 15 is 4.39 Å². The molecule has 0 bridgehead atoms. The highest BCUT2D eigenvalue weighted by atomic mass is 32.1. The van der Waals surface area contributed by atoms with Crippen molar-refractivity contribution in [3.8, 4) is 21.8 Å². The van der Waals surface area contributed by atoms with Crippen LogP contribution in [0.15, 0.2) is 12.1 Å². The van der Waals surface area contributed by atoms with E-state index in [0.717, 1.165) is 117 Å². The lowest BCUT2D eigenvalue weighted by atomic mass is 9.85. The second kappa shape index (κ2) is 13.9. The first kappa shape index (κ1) is 35.0. The van der Waals surface area contributed by atoms with Crippen molar-refractivity contribution in [3.05, 3.63) is 45.9 Å². The van der Waals surface area contributed by atoms with Gasteiger partial charge in [0.05, 0.1) is 11.3 Å². The lowest BCUT2D eigenvalue weighted by Gasteiger charge is -2.40. The molecule has 2 aliphatic heterocycles. The van der Waals surface area contributed by atoms with E-state index in [1.54, 1.807) is 6.07 Å². The molecule has 2 saturated heterocycles. The normalized spacial score (nSPS) is 18.7. The number of anilines is 1. The second-order valence-corrected chi connectivity index (χ2v) is 15.8. The molecule has 7 rings (SSSR count). The Hall–Kier alpha value is -3.45. The summed E-state index contributed by atoms with van der Waals surface area (Å²) in [6.45, 7) is 14.8. The number of piperazine rings is 1. The zero-order valence-electron chi connectivity index (χ0n) is 30.1. The van der Waals surface area contributed by atoms with Crippen LogP contribution < -0.4 is 4.90 Å². The monoisotopic (exact) mass is 704 g/mol. The highest BCUT2D eigenvalue weighted by Gasteiger charge is 2.35. The second-order valence-electron chi connectivity index (χ2n) is 15.1. The predicted molar refractivity (Wildman–Crippen MR) is 195 cm³/mol. The lowest BCUT2D eigenvalue weighted by molar-refractivity contribution is -0.160. The van der Waals surface area contributed by atoms with Crippen molar-refractivity contribution in [3.63, 3.8) is 0 Å². The molecule has 0 unspecified atom stereocenters. The Morgan fingerprint density at radius 1 is 1.04 bits per heavy atom. The van der Waals surface area contributed by atoms with Gasteiger partial charge in [-0.2, -0.15) is 9.36 Å². The minimum absolute atomic E-state index is 0.235. The minimum Gasteiger partial charge on any atom is -0.479 e. The fraction of sp³-hybridized carbons (Fsp3) is 0.579. The number of aromatic nitrogens is 4. The van der Waals surface area contributed by atoms with Crippen LogP contribution in [-0.2, 0) is 34.2 Å². The first-order chi connectivity index (χ1) is 23.9. The molecule has 1 aliphatic carbocycles. The van der Waals surface area contributed by atoms with E-state index in [1.165, 1.54) is 11.5 Å². The van der Waals surface area contributed by atoms with Crippen molar-refractivity contribution in [2.24, 2.45) is 7.05 Å². The van der Waals surface area contributed by atoms with Crippen LogP contribution in [0, 0.1) is 19.7 Å². The number of rotatable bonds is 7. The molecule has 0 radical (unpaired) electrons. The van der Waals surface area contributed by atoms with Gasteiger partial charge in [-0.25, -0.2) is 14.2 Å². The van der Waals surface area contributed by atoms with Crippen molar-refractivity contribution in [2.75, 3.05) is 44.3 Å². The molecule has 268 valence electrons. The van der Waals surface area contributed by atoms with Crippen LogP contribution in [-0.4, -0.2) is 85.9 Å². The minimum atomic E-state index is -1.31. The topological polar surface area (TPSA) is 106 Å². The summed E-state index contributed by atoms with van der Waals surface area (Å²) in [7, 11) is 1.95. The molecule has 5 heterocycles. The van der Waals surface area contributed by atoms with Gasteiger partial charge in [-0.1, -0.05) is 6.42 Å². The van der Waals surface area contributed by atoms with Gasteiger partial charge in [-0.05, 0) is 119 Å². The van der Waals surface area contributed by atoms with E-state index in [0.29, 0.717) is 40.5 Å². The summed E-state index contributed by atoms with van der Waals surface area (Å²) >= 11 is 1.35. The summed E-state index contributed by atoms with van der Waals surface area (Å²) in [5, 5.41) is 12.1. The van der Waals surface area contributed by atoms with Crippen LogP contribution in [0.1, 0.15) is 86.9 Å². The van der Waals surface area contributed by atoms with Crippen LogP contribution in [0.5, 0.6) is 0 Å². The average Bonchev–Trinajstić information content (AvgIpc) is 3.60. The Morgan fingerprint density at radius 3 is 2.42 bits per heavy atom. The summed E-state index contributed by atoms with van der Waals surface area (Å²) in [4.78, 5) is 27.8. The molecular weight excluding hydrogens is 656 g/mol. The highest BCUT2D eigenvalue weighted by Crippen LogP contribution is 2.45. The van der Waals surface area contributed by atoms with Crippen molar-refractivity contribution in [2.45, 2.75) is 97.3 Å². The van der Waals surface area contributed by atoms with Crippen molar-refractivity contribution in [1.82, 2.24) is 23.8 Å². The Kier molecular flexibility index (Phi) is 9.75. The smallest absolute Gasteiger partial charge is 0.337 e. The quantitative estimate of drug-likeness (QED) is 0.203. The third-order valence-electron chi connectivity index (χ3n) is 10.7. The number of fused-ring (bicyclic) bond motifs is 2. The number of carboxylic acids is 1. The van der Waals surface area contributed by atoms with Gasteiger partial charge in [0.1, 0.15) is 11.5 Å². The molecule has 12 heteroatoms. The number of benzene rings is 1. The Morgan fingerprint density at radius 2 is 1.74 bits per heavy atom. The third kappa shape index (κ3) is 6.67. The lowest BCUT2D eigenvalue weighted by Crippen LogP contribution is -2.51. The van der Waals surface area contributed by atoms with E-state index in [4.69, 9.17) is 23.8 Å². The molecule has 0 spiro atoms. The van der Waals surface area contributed by atoms with Gasteiger partial charge in [0.2, 0.25) is 5.95 Å². The molecule has 2 fully saturated rings. The van der Waals surface area contributed by atoms with Gasteiger partial charge >= 0.3 is 5.97 Å².